The van der Waals surface area contributed by atoms with Crippen LogP contribution in [0.5, 0.6) is 0 Å². The van der Waals surface area contributed by atoms with Crippen molar-refractivity contribution in [2.75, 3.05) is 42.6 Å². The van der Waals surface area contributed by atoms with E-state index < -0.39 is 0 Å². The molecule has 7 heteroatoms. The van der Waals surface area contributed by atoms with Gasteiger partial charge in [-0.15, -0.1) is 0 Å². The van der Waals surface area contributed by atoms with Gasteiger partial charge >= 0.3 is 0 Å². The van der Waals surface area contributed by atoms with Crippen molar-refractivity contribution in [3.05, 3.63) is 52.1 Å². The summed E-state index contributed by atoms with van der Waals surface area (Å²) in [5.74, 6) is 1.12. The molecule has 0 bridgehead atoms. The molecule has 26 heavy (non-hydrogen) atoms. The van der Waals surface area contributed by atoms with Crippen molar-refractivity contribution in [3.8, 4) is 0 Å². The van der Waals surface area contributed by atoms with Crippen LogP contribution in [0.1, 0.15) is 18.4 Å². The van der Waals surface area contributed by atoms with E-state index in [1.807, 2.05) is 12.1 Å². The number of benzene rings is 1. The van der Waals surface area contributed by atoms with Crippen LogP contribution >= 0.6 is 0 Å². The average Bonchev–Trinajstić information content (AvgIpc) is 3.12. The molecule has 2 aliphatic heterocycles. The zero-order valence-electron chi connectivity index (χ0n) is 14.7. The molecule has 1 aromatic heterocycles. The first-order chi connectivity index (χ1) is 12.7. The molecule has 2 aliphatic rings. The summed E-state index contributed by atoms with van der Waals surface area (Å²) < 4.78 is 18.5. The van der Waals surface area contributed by atoms with Crippen molar-refractivity contribution in [3.63, 3.8) is 0 Å². The third-order valence-electron chi connectivity index (χ3n) is 5.08. The quantitative estimate of drug-likeness (QED) is 0.905. The van der Waals surface area contributed by atoms with Crippen molar-refractivity contribution in [1.29, 1.82) is 0 Å². The first kappa shape index (κ1) is 17.0. The van der Waals surface area contributed by atoms with Crippen LogP contribution in [0.25, 0.3) is 0 Å². The normalized spacial score (nSPS) is 20.6. The molecule has 2 aromatic rings. The summed E-state index contributed by atoms with van der Waals surface area (Å²) in [6, 6.07) is 8.45. The van der Waals surface area contributed by atoms with Gasteiger partial charge in [-0.05, 0) is 37.0 Å². The minimum atomic E-state index is -0.221. The summed E-state index contributed by atoms with van der Waals surface area (Å²) >= 11 is 0. The van der Waals surface area contributed by atoms with Gasteiger partial charge in [-0.1, -0.05) is 12.1 Å². The summed E-state index contributed by atoms with van der Waals surface area (Å²) in [7, 11) is 0. The van der Waals surface area contributed by atoms with E-state index >= 15 is 0 Å². The minimum Gasteiger partial charge on any atom is -0.378 e. The van der Waals surface area contributed by atoms with Gasteiger partial charge in [0.1, 0.15) is 11.6 Å². The Bertz CT molecular complexity index is 802. The van der Waals surface area contributed by atoms with Gasteiger partial charge in [-0.3, -0.25) is 9.78 Å². The number of nitrogens with zero attached hydrogens (tertiary/aromatic N) is 3. The van der Waals surface area contributed by atoms with Gasteiger partial charge in [0.2, 0.25) is 5.95 Å². The largest absolute Gasteiger partial charge is 0.378 e. The molecular weight excluding hydrogens is 335 g/mol. The van der Waals surface area contributed by atoms with Crippen LogP contribution < -0.4 is 15.4 Å². The molecule has 6 nitrogen and oxygen atoms in total. The molecule has 1 N–H and O–H groups in total. The van der Waals surface area contributed by atoms with Crippen molar-refractivity contribution in [1.82, 2.24) is 9.97 Å². The number of hydrogen-bond donors (Lipinski definition) is 1. The zero-order chi connectivity index (χ0) is 17.9. The maximum absolute atomic E-state index is 13.1. The Morgan fingerprint density at radius 1 is 1.19 bits per heavy atom. The van der Waals surface area contributed by atoms with Gasteiger partial charge in [0.05, 0.1) is 13.2 Å². The summed E-state index contributed by atoms with van der Waals surface area (Å²) in [4.78, 5) is 24.1. The molecule has 3 heterocycles. The van der Waals surface area contributed by atoms with E-state index in [-0.39, 0.29) is 17.4 Å². The standard InChI is InChI=1S/C19H23FN4O2/c20-15-5-3-14(4-6-15)12-16-2-1-7-24(16)19-21-17(13-18(25)22-19)23-8-10-26-11-9-23/h3-6,13,16H,1-2,7-12H2,(H,21,22,25)/t16-/m0/s1. The number of rotatable bonds is 4. The number of morpholine rings is 1. The fourth-order valence-corrected chi connectivity index (χ4v) is 3.74. The predicted octanol–water partition coefficient (Wildman–Crippen LogP) is 1.96. The topological polar surface area (TPSA) is 61.5 Å². The highest BCUT2D eigenvalue weighted by Gasteiger charge is 2.27. The number of anilines is 2. The number of aromatic amines is 1. The van der Waals surface area contributed by atoms with Crippen molar-refractivity contribution < 1.29 is 9.13 Å². The molecule has 1 aromatic carbocycles. The first-order valence-corrected chi connectivity index (χ1v) is 9.14. The van der Waals surface area contributed by atoms with Crippen molar-refractivity contribution >= 4 is 11.8 Å². The van der Waals surface area contributed by atoms with E-state index in [4.69, 9.17) is 9.72 Å². The highest BCUT2D eigenvalue weighted by molar-refractivity contribution is 5.45. The molecule has 4 rings (SSSR count). The van der Waals surface area contributed by atoms with Crippen LogP contribution in [0, 0.1) is 5.82 Å². The van der Waals surface area contributed by atoms with E-state index in [0.29, 0.717) is 25.0 Å². The van der Waals surface area contributed by atoms with Crippen LogP contribution in [-0.2, 0) is 11.2 Å². The summed E-state index contributed by atoms with van der Waals surface area (Å²) in [6.45, 7) is 3.66. The molecule has 138 valence electrons. The molecule has 0 aliphatic carbocycles. The summed E-state index contributed by atoms with van der Waals surface area (Å²) in [6.07, 6.45) is 2.89. The molecular formula is C19H23FN4O2. The Balaban J connectivity index is 1.56. The Kier molecular flexibility index (Phi) is 4.88. The van der Waals surface area contributed by atoms with Crippen molar-refractivity contribution in [2.24, 2.45) is 0 Å². The van der Waals surface area contributed by atoms with Crippen LogP contribution in [0.4, 0.5) is 16.2 Å². The van der Waals surface area contributed by atoms with E-state index in [1.54, 1.807) is 6.07 Å². The average molecular weight is 358 g/mol. The molecule has 2 saturated heterocycles. The first-order valence-electron chi connectivity index (χ1n) is 9.14. The van der Waals surface area contributed by atoms with E-state index in [0.717, 1.165) is 44.5 Å². The number of nitrogens with one attached hydrogen (secondary N) is 1. The lowest BCUT2D eigenvalue weighted by Gasteiger charge is -2.30. The molecule has 0 saturated carbocycles. The molecule has 2 fully saturated rings. The van der Waals surface area contributed by atoms with Crippen LogP contribution in [-0.4, -0.2) is 48.9 Å². The Morgan fingerprint density at radius 2 is 1.96 bits per heavy atom. The number of aromatic nitrogens is 2. The van der Waals surface area contributed by atoms with E-state index in [9.17, 15) is 9.18 Å². The number of halogens is 1. The van der Waals surface area contributed by atoms with Gasteiger partial charge < -0.3 is 14.5 Å². The van der Waals surface area contributed by atoms with Crippen molar-refractivity contribution in [2.45, 2.75) is 25.3 Å². The molecule has 0 amide bonds. The molecule has 0 radical (unpaired) electrons. The van der Waals surface area contributed by atoms with E-state index in [2.05, 4.69) is 14.8 Å². The monoisotopic (exact) mass is 358 g/mol. The lowest BCUT2D eigenvalue weighted by Crippen LogP contribution is -2.39. The SMILES string of the molecule is O=c1cc(N2CCOCC2)nc(N2CCC[C@H]2Cc2ccc(F)cc2)[nH]1. The lowest BCUT2D eigenvalue weighted by molar-refractivity contribution is 0.122. The van der Waals surface area contributed by atoms with E-state index in [1.165, 1.54) is 12.1 Å². The van der Waals surface area contributed by atoms with Gasteiger partial charge in [0, 0.05) is 31.7 Å². The number of hydrogen-bond acceptors (Lipinski definition) is 5. The Hall–Kier alpha value is -2.41. The third kappa shape index (κ3) is 3.72. The Labute approximate surface area is 151 Å². The van der Waals surface area contributed by atoms with Gasteiger partial charge in [-0.2, -0.15) is 4.98 Å². The highest BCUT2D eigenvalue weighted by atomic mass is 19.1. The van der Waals surface area contributed by atoms with Gasteiger partial charge in [-0.25, -0.2) is 4.39 Å². The molecule has 1 atom stereocenters. The minimum absolute atomic E-state index is 0.135. The maximum Gasteiger partial charge on any atom is 0.254 e. The van der Waals surface area contributed by atoms with Crippen LogP contribution in [0.15, 0.2) is 35.1 Å². The second-order valence-corrected chi connectivity index (χ2v) is 6.85. The van der Waals surface area contributed by atoms with Crippen LogP contribution in [0.3, 0.4) is 0 Å². The highest BCUT2D eigenvalue weighted by Crippen LogP contribution is 2.26. The van der Waals surface area contributed by atoms with Gasteiger partial charge in [0.25, 0.3) is 5.56 Å². The summed E-state index contributed by atoms with van der Waals surface area (Å²) in [5.41, 5.74) is 0.957. The Morgan fingerprint density at radius 3 is 2.73 bits per heavy atom. The predicted molar refractivity (Wildman–Crippen MR) is 98.4 cm³/mol. The van der Waals surface area contributed by atoms with Crippen LogP contribution in [0.2, 0.25) is 0 Å². The third-order valence-corrected chi connectivity index (χ3v) is 5.08. The lowest BCUT2D eigenvalue weighted by atomic mass is 10.0. The van der Waals surface area contributed by atoms with Gasteiger partial charge in [0.15, 0.2) is 0 Å². The summed E-state index contributed by atoms with van der Waals surface area (Å²) in [5, 5.41) is 0. The zero-order valence-corrected chi connectivity index (χ0v) is 14.7. The maximum atomic E-state index is 13.1. The number of ether oxygens (including phenoxy) is 1. The second-order valence-electron chi connectivity index (χ2n) is 6.85. The fourth-order valence-electron chi connectivity index (χ4n) is 3.74. The fraction of sp³-hybridized carbons (Fsp3) is 0.474. The number of H-pyrrole nitrogens is 1. The smallest absolute Gasteiger partial charge is 0.254 e. The molecule has 0 spiro atoms. The second kappa shape index (κ2) is 7.45. The molecule has 0 unspecified atom stereocenters.